The Morgan fingerprint density at radius 3 is 2.58 bits per heavy atom. The maximum absolute atomic E-state index is 11.3. The number of hydrogen-bond donors (Lipinski definition) is 0. The van der Waals surface area contributed by atoms with Gasteiger partial charge in [-0.2, -0.15) is 0 Å². The Kier molecular flexibility index (Phi) is 5.01. The number of nitro benzene ring substituents is 1. The summed E-state index contributed by atoms with van der Waals surface area (Å²) in [6.45, 7) is 2.04. The van der Waals surface area contributed by atoms with Crippen molar-refractivity contribution >= 4 is 28.5 Å². The zero-order chi connectivity index (χ0) is 16.9. The van der Waals surface area contributed by atoms with E-state index >= 15 is 0 Å². The molecule has 0 fully saturated rings. The molecule has 0 radical (unpaired) electrons. The second-order valence-electron chi connectivity index (χ2n) is 5.45. The highest BCUT2D eigenvalue weighted by molar-refractivity contribution is 7.95. The van der Waals surface area contributed by atoms with E-state index < -0.39 is 4.92 Å². The number of rotatable bonds is 6. The predicted molar refractivity (Wildman–Crippen MR) is 97.5 cm³/mol. The zero-order valence-electron chi connectivity index (χ0n) is 13.3. The summed E-state index contributed by atoms with van der Waals surface area (Å²) in [5.74, 6) is 0.350. The summed E-state index contributed by atoms with van der Waals surface area (Å²) in [7, 11) is 0. The quantitative estimate of drug-likeness (QED) is 0.324. The van der Waals surface area contributed by atoms with Gasteiger partial charge < -0.3 is 4.18 Å². The molecule has 0 N–H and O–H groups in total. The van der Waals surface area contributed by atoms with Gasteiger partial charge in [0, 0.05) is 16.5 Å². The predicted octanol–water partition coefficient (Wildman–Crippen LogP) is 5.79. The molecule has 5 heteroatoms. The fourth-order valence-electron chi connectivity index (χ4n) is 2.59. The number of para-hydroxylation sites is 1. The van der Waals surface area contributed by atoms with Gasteiger partial charge in [0.2, 0.25) is 5.75 Å². The van der Waals surface area contributed by atoms with Crippen LogP contribution in [-0.4, -0.2) is 4.92 Å². The van der Waals surface area contributed by atoms with Crippen molar-refractivity contribution in [2.24, 2.45) is 0 Å². The van der Waals surface area contributed by atoms with Crippen molar-refractivity contribution in [2.45, 2.75) is 24.7 Å². The molecule has 0 aliphatic rings. The van der Waals surface area contributed by atoms with E-state index in [-0.39, 0.29) is 5.69 Å². The monoisotopic (exact) mass is 339 g/mol. The van der Waals surface area contributed by atoms with Gasteiger partial charge in [0.05, 0.1) is 17.0 Å². The lowest BCUT2D eigenvalue weighted by Crippen LogP contribution is -1.97. The minimum atomic E-state index is -0.393. The van der Waals surface area contributed by atoms with Gasteiger partial charge in [-0.25, -0.2) is 0 Å². The van der Waals surface area contributed by atoms with Gasteiger partial charge in [-0.3, -0.25) is 10.1 Å². The van der Waals surface area contributed by atoms with Crippen LogP contribution >= 0.6 is 12.0 Å². The molecule has 0 aromatic heterocycles. The van der Waals surface area contributed by atoms with E-state index in [1.54, 1.807) is 6.07 Å². The first-order valence-corrected chi connectivity index (χ1v) is 8.53. The van der Waals surface area contributed by atoms with E-state index in [2.05, 4.69) is 0 Å². The Labute approximate surface area is 144 Å². The first-order valence-electron chi connectivity index (χ1n) is 7.78. The average molecular weight is 339 g/mol. The van der Waals surface area contributed by atoms with Crippen LogP contribution in [0.4, 0.5) is 5.69 Å². The minimum Gasteiger partial charge on any atom is -0.413 e. The number of nitrogens with zero attached hydrogens (tertiary/aromatic N) is 1. The molecule has 0 heterocycles. The van der Waals surface area contributed by atoms with E-state index in [1.165, 1.54) is 6.07 Å². The molecule has 0 unspecified atom stereocenters. The Hall–Kier alpha value is -2.53. The van der Waals surface area contributed by atoms with Gasteiger partial charge in [0.1, 0.15) is 0 Å². The van der Waals surface area contributed by atoms with Gasteiger partial charge in [-0.15, -0.1) is 0 Å². The van der Waals surface area contributed by atoms with Crippen LogP contribution in [0.25, 0.3) is 10.8 Å². The van der Waals surface area contributed by atoms with Crippen molar-refractivity contribution in [3.8, 4) is 5.75 Å². The van der Waals surface area contributed by atoms with Crippen LogP contribution in [-0.2, 0) is 6.42 Å². The second-order valence-corrected chi connectivity index (χ2v) is 6.25. The van der Waals surface area contributed by atoms with Gasteiger partial charge in [0.25, 0.3) is 0 Å². The van der Waals surface area contributed by atoms with Crippen molar-refractivity contribution in [3.63, 3.8) is 0 Å². The molecular weight excluding hydrogens is 322 g/mol. The van der Waals surface area contributed by atoms with Crippen LogP contribution in [0.2, 0.25) is 0 Å². The third-order valence-corrected chi connectivity index (χ3v) is 4.43. The average Bonchev–Trinajstić information content (AvgIpc) is 2.60. The number of aryl methyl sites for hydroxylation is 1. The lowest BCUT2D eigenvalue weighted by Gasteiger charge is -2.10. The highest BCUT2D eigenvalue weighted by atomic mass is 32.2. The van der Waals surface area contributed by atoms with Crippen molar-refractivity contribution in [2.75, 3.05) is 0 Å². The number of benzene rings is 3. The van der Waals surface area contributed by atoms with E-state index in [0.29, 0.717) is 5.75 Å². The van der Waals surface area contributed by atoms with Gasteiger partial charge in [-0.1, -0.05) is 55.8 Å². The topological polar surface area (TPSA) is 52.4 Å². The maximum atomic E-state index is 11.3. The number of nitro groups is 1. The highest BCUT2D eigenvalue weighted by Crippen LogP contribution is 2.36. The molecule has 0 amide bonds. The molecule has 3 rings (SSSR count). The molecule has 0 aliphatic heterocycles. The maximum Gasteiger partial charge on any atom is 0.312 e. The fourth-order valence-corrected chi connectivity index (χ4v) is 3.26. The third kappa shape index (κ3) is 3.51. The van der Waals surface area contributed by atoms with Crippen LogP contribution in [0.3, 0.4) is 0 Å². The standard InChI is InChI=1S/C19H17NO3S/c1-2-6-15-9-5-10-18(20(21)22)19(15)23-24-17-12-11-14-7-3-4-8-16(14)13-17/h3-5,7-13H,2,6H2,1H3. The Morgan fingerprint density at radius 1 is 1.04 bits per heavy atom. The molecule has 0 aliphatic carbocycles. The number of hydrogen-bond acceptors (Lipinski definition) is 4. The minimum absolute atomic E-state index is 0.00855. The SMILES string of the molecule is CCCc1cccc([N+](=O)[O-])c1OSc1ccc2ccccc2c1. The normalized spacial score (nSPS) is 10.7. The third-order valence-electron chi connectivity index (χ3n) is 3.73. The summed E-state index contributed by atoms with van der Waals surface area (Å²) in [6.07, 6.45) is 1.65. The van der Waals surface area contributed by atoms with Crippen LogP contribution < -0.4 is 4.18 Å². The zero-order valence-corrected chi connectivity index (χ0v) is 14.1. The van der Waals surface area contributed by atoms with Crippen molar-refractivity contribution in [1.29, 1.82) is 0 Å². The largest absolute Gasteiger partial charge is 0.413 e. The lowest BCUT2D eigenvalue weighted by molar-refractivity contribution is -0.385. The Bertz CT molecular complexity index is 879. The summed E-state index contributed by atoms with van der Waals surface area (Å²) in [5.41, 5.74) is 0.870. The molecule has 122 valence electrons. The van der Waals surface area contributed by atoms with Crippen molar-refractivity contribution < 1.29 is 9.11 Å². The molecule has 24 heavy (non-hydrogen) atoms. The molecule has 0 saturated heterocycles. The van der Waals surface area contributed by atoms with E-state index in [1.807, 2.05) is 55.5 Å². The van der Waals surface area contributed by atoms with E-state index in [0.717, 1.165) is 46.1 Å². The lowest BCUT2D eigenvalue weighted by atomic mass is 10.1. The summed E-state index contributed by atoms with van der Waals surface area (Å²) < 4.78 is 5.79. The molecule has 0 bridgehead atoms. The van der Waals surface area contributed by atoms with E-state index in [4.69, 9.17) is 4.18 Å². The van der Waals surface area contributed by atoms with Crippen LogP contribution in [0.1, 0.15) is 18.9 Å². The first-order chi connectivity index (χ1) is 11.7. The highest BCUT2D eigenvalue weighted by Gasteiger charge is 2.19. The molecule has 0 saturated carbocycles. The smallest absolute Gasteiger partial charge is 0.312 e. The van der Waals surface area contributed by atoms with E-state index in [9.17, 15) is 10.1 Å². The number of fused-ring (bicyclic) bond motifs is 1. The van der Waals surface area contributed by atoms with Crippen LogP contribution in [0.5, 0.6) is 5.75 Å². The van der Waals surface area contributed by atoms with Crippen LogP contribution in [0, 0.1) is 10.1 Å². The first kappa shape index (κ1) is 16.3. The fraction of sp³-hybridized carbons (Fsp3) is 0.158. The molecule has 0 atom stereocenters. The van der Waals surface area contributed by atoms with Gasteiger partial charge in [-0.05, 0) is 29.3 Å². The molecule has 3 aromatic rings. The Balaban J connectivity index is 1.88. The summed E-state index contributed by atoms with van der Waals surface area (Å²) in [4.78, 5) is 11.8. The van der Waals surface area contributed by atoms with Gasteiger partial charge in [0.15, 0.2) is 0 Å². The van der Waals surface area contributed by atoms with Crippen LogP contribution in [0.15, 0.2) is 65.6 Å². The summed E-state index contributed by atoms with van der Waals surface area (Å²) in [6, 6.07) is 19.1. The van der Waals surface area contributed by atoms with Gasteiger partial charge >= 0.3 is 5.69 Å². The Morgan fingerprint density at radius 2 is 1.83 bits per heavy atom. The summed E-state index contributed by atoms with van der Waals surface area (Å²) in [5, 5.41) is 13.5. The molecule has 0 spiro atoms. The van der Waals surface area contributed by atoms with Crippen molar-refractivity contribution in [3.05, 3.63) is 76.3 Å². The van der Waals surface area contributed by atoms with Crippen molar-refractivity contribution in [1.82, 2.24) is 0 Å². The molecular formula is C19H17NO3S. The second kappa shape index (κ2) is 7.36. The summed E-state index contributed by atoms with van der Waals surface area (Å²) >= 11 is 1.16. The molecule has 4 nitrogen and oxygen atoms in total. The molecule has 3 aromatic carbocycles.